The quantitative estimate of drug-likeness (QED) is 0.354. The maximum absolute atomic E-state index is 13.3. The van der Waals surface area contributed by atoms with Gasteiger partial charge >= 0.3 is 0 Å². The summed E-state index contributed by atoms with van der Waals surface area (Å²) in [4.78, 5) is 34.5. The Morgan fingerprint density at radius 3 is 2.58 bits per heavy atom. The van der Waals surface area contributed by atoms with E-state index in [9.17, 15) is 14.7 Å². The first-order valence-electron chi connectivity index (χ1n) is 10.8. The third kappa shape index (κ3) is 3.76. The van der Waals surface area contributed by atoms with Gasteiger partial charge in [0, 0.05) is 24.8 Å². The van der Waals surface area contributed by atoms with Crippen LogP contribution in [0.3, 0.4) is 0 Å². The first-order chi connectivity index (χ1) is 15.8. The first-order valence-corrected chi connectivity index (χ1v) is 10.8. The molecule has 4 rings (SSSR count). The van der Waals surface area contributed by atoms with Crippen molar-refractivity contribution in [2.45, 2.75) is 19.9 Å². The molecule has 0 unspecified atom stereocenters. The molecule has 3 aromatic rings. The number of rotatable bonds is 6. The van der Waals surface area contributed by atoms with Crippen molar-refractivity contribution in [3.8, 4) is 5.75 Å². The lowest BCUT2D eigenvalue weighted by Crippen LogP contribution is -2.35. The number of carbonyl (C=O) groups excluding carboxylic acids is 2. The van der Waals surface area contributed by atoms with Gasteiger partial charge in [-0.2, -0.15) is 0 Å². The van der Waals surface area contributed by atoms with Crippen LogP contribution in [0, 0.1) is 13.8 Å². The molecule has 1 atom stereocenters. The molecule has 1 saturated heterocycles. The second-order valence-corrected chi connectivity index (χ2v) is 8.47. The van der Waals surface area contributed by atoms with Gasteiger partial charge < -0.3 is 19.6 Å². The Balaban J connectivity index is 1.98. The number of likely N-dealkylation sites (N-methyl/N-ethyl adjacent to an activating group) is 1. The number of aromatic nitrogens is 2. The van der Waals surface area contributed by atoms with Crippen LogP contribution in [0.1, 0.15) is 28.6 Å². The Kier molecular flexibility index (Phi) is 5.95. The lowest BCUT2D eigenvalue weighted by Gasteiger charge is -2.27. The predicted octanol–water partition coefficient (Wildman–Crippen LogP) is 2.94. The van der Waals surface area contributed by atoms with Gasteiger partial charge in [0.25, 0.3) is 11.7 Å². The molecule has 1 aliphatic rings. The van der Waals surface area contributed by atoms with Crippen LogP contribution in [-0.4, -0.2) is 70.3 Å². The van der Waals surface area contributed by atoms with Gasteiger partial charge in [0.05, 0.1) is 24.4 Å². The van der Waals surface area contributed by atoms with Crippen LogP contribution < -0.4 is 4.74 Å². The number of aliphatic hydroxyl groups is 1. The zero-order valence-electron chi connectivity index (χ0n) is 19.5. The number of hydrogen-bond donors (Lipinski definition) is 1. The molecule has 1 N–H and O–H groups in total. The third-order valence-corrected chi connectivity index (χ3v) is 6.01. The summed E-state index contributed by atoms with van der Waals surface area (Å²) >= 11 is 0. The molecule has 1 aliphatic heterocycles. The molecule has 1 aromatic carbocycles. The molecule has 0 saturated carbocycles. The van der Waals surface area contributed by atoms with Crippen molar-refractivity contribution >= 4 is 23.1 Å². The highest BCUT2D eigenvalue weighted by atomic mass is 16.5. The number of imidazole rings is 1. The molecule has 33 heavy (non-hydrogen) atoms. The summed E-state index contributed by atoms with van der Waals surface area (Å²) < 4.78 is 7.31. The summed E-state index contributed by atoms with van der Waals surface area (Å²) in [5.74, 6) is -1.07. The maximum Gasteiger partial charge on any atom is 0.295 e. The van der Waals surface area contributed by atoms with Crippen LogP contribution in [0.15, 0.2) is 48.2 Å². The molecule has 2 aromatic heterocycles. The SMILES string of the molecule is COc1ccccc1[C@@H]1C(=C(O)c2c(C)nc3c(C)cccn23)C(=O)C(=O)N1CCN(C)C. The van der Waals surface area contributed by atoms with E-state index < -0.39 is 17.7 Å². The molecule has 8 heteroatoms. The van der Waals surface area contributed by atoms with Gasteiger partial charge in [-0.05, 0) is 45.6 Å². The lowest BCUT2D eigenvalue weighted by molar-refractivity contribution is -0.140. The molecule has 0 bridgehead atoms. The van der Waals surface area contributed by atoms with E-state index in [1.807, 2.05) is 56.3 Å². The predicted molar refractivity (Wildman–Crippen MR) is 125 cm³/mol. The number of likely N-dealkylation sites (tertiary alicyclic amines) is 1. The van der Waals surface area contributed by atoms with E-state index in [0.29, 0.717) is 41.4 Å². The molecular formula is C25H28N4O4. The summed E-state index contributed by atoms with van der Waals surface area (Å²) in [5.41, 5.74) is 3.27. The highest BCUT2D eigenvalue weighted by Crippen LogP contribution is 2.42. The number of carbonyl (C=O) groups is 2. The van der Waals surface area contributed by atoms with E-state index in [1.165, 1.54) is 4.90 Å². The topological polar surface area (TPSA) is 87.4 Å². The van der Waals surface area contributed by atoms with Crippen LogP contribution in [0.2, 0.25) is 0 Å². The van der Waals surface area contributed by atoms with Gasteiger partial charge in [-0.15, -0.1) is 0 Å². The number of fused-ring (bicyclic) bond motifs is 1. The maximum atomic E-state index is 13.3. The monoisotopic (exact) mass is 448 g/mol. The van der Waals surface area contributed by atoms with E-state index in [0.717, 1.165) is 5.56 Å². The van der Waals surface area contributed by atoms with Gasteiger partial charge in [-0.1, -0.05) is 24.3 Å². The minimum absolute atomic E-state index is 0.0367. The van der Waals surface area contributed by atoms with Crippen molar-refractivity contribution in [1.29, 1.82) is 0 Å². The number of ketones is 1. The van der Waals surface area contributed by atoms with E-state index >= 15 is 0 Å². The smallest absolute Gasteiger partial charge is 0.295 e. The van der Waals surface area contributed by atoms with Crippen LogP contribution in [0.5, 0.6) is 5.75 Å². The Bertz CT molecular complexity index is 1270. The summed E-state index contributed by atoms with van der Waals surface area (Å²) in [6.45, 7) is 4.59. The highest BCUT2D eigenvalue weighted by molar-refractivity contribution is 6.46. The molecular weight excluding hydrogens is 420 g/mol. The zero-order chi connectivity index (χ0) is 23.9. The number of Topliss-reactive ketones (excluding diaryl/α,β-unsaturated/α-hetero) is 1. The van der Waals surface area contributed by atoms with Gasteiger partial charge in [0.1, 0.15) is 17.1 Å². The Labute approximate surface area is 192 Å². The summed E-state index contributed by atoms with van der Waals surface area (Å²) in [5, 5.41) is 11.5. The fourth-order valence-corrected chi connectivity index (χ4v) is 4.36. The number of aryl methyl sites for hydroxylation is 2. The molecule has 1 amide bonds. The van der Waals surface area contributed by atoms with Crippen molar-refractivity contribution in [2.24, 2.45) is 0 Å². The number of pyridine rings is 1. The van der Waals surface area contributed by atoms with Crippen molar-refractivity contribution < 1.29 is 19.4 Å². The third-order valence-electron chi connectivity index (χ3n) is 6.01. The molecule has 3 heterocycles. The summed E-state index contributed by atoms with van der Waals surface area (Å²) in [6, 6.07) is 10.3. The van der Waals surface area contributed by atoms with E-state index in [2.05, 4.69) is 4.98 Å². The molecule has 0 radical (unpaired) electrons. The lowest BCUT2D eigenvalue weighted by atomic mass is 9.95. The van der Waals surface area contributed by atoms with Gasteiger partial charge in [-0.25, -0.2) is 4.98 Å². The van der Waals surface area contributed by atoms with Gasteiger partial charge in [0.2, 0.25) is 0 Å². The number of nitrogens with zero attached hydrogens (tertiary/aromatic N) is 4. The van der Waals surface area contributed by atoms with Crippen LogP contribution in [-0.2, 0) is 9.59 Å². The molecule has 8 nitrogen and oxygen atoms in total. The average molecular weight is 449 g/mol. The number of hydrogen-bond acceptors (Lipinski definition) is 6. The highest BCUT2D eigenvalue weighted by Gasteiger charge is 2.47. The molecule has 0 aliphatic carbocycles. The van der Waals surface area contributed by atoms with Crippen LogP contribution in [0.4, 0.5) is 0 Å². The fraction of sp³-hybridized carbons (Fsp3) is 0.320. The number of ether oxygens (including phenoxy) is 1. The molecule has 172 valence electrons. The van der Waals surface area contributed by atoms with E-state index in [4.69, 9.17) is 4.74 Å². The molecule has 0 spiro atoms. The largest absolute Gasteiger partial charge is 0.505 e. The number of benzene rings is 1. The van der Waals surface area contributed by atoms with Crippen LogP contribution in [0.25, 0.3) is 11.4 Å². The van der Waals surface area contributed by atoms with Crippen molar-refractivity contribution in [3.05, 3.63) is 70.7 Å². The molecule has 1 fully saturated rings. The summed E-state index contributed by atoms with van der Waals surface area (Å²) in [7, 11) is 5.35. The van der Waals surface area contributed by atoms with Crippen molar-refractivity contribution in [2.75, 3.05) is 34.3 Å². The average Bonchev–Trinajstić information content (AvgIpc) is 3.26. The van der Waals surface area contributed by atoms with E-state index in [1.54, 1.807) is 30.7 Å². The fourth-order valence-electron chi connectivity index (χ4n) is 4.36. The van der Waals surface area contributed by atoms with Gasteiger partial charge in [-0.3, -0.25) is 14.0 Å². The minimum atomic E-state index is -0.782. The van der Waals surface area contributed by atoms with Gasteiger partial charge in [0.15, 0.2) is 5.76 Å². The van der Waals surface area contributed by atoms with Crippen LogP contribution >= 0.6 is 0 Å². The number of aliphatic hydroxyl groups excluding tert-OH is 1. The normalized spacial score (nSPS) is 18.0. The Morgan fingerprint density at radius 2 is 1.88 bits per heavy atom. The second-order valence-electron chi connectivity index (χ2n) is 8.47. The second kappa shape index (κ2) is 8.71. The van der Waals surface area contributed by atoms with E-state index in [-0.39, 0.29) is 11.3 Å². The zero-order valence-corrected chi connectivity index (χ0v) is 19.5. The number of methoxy groups -OCH3 is 1. The Morgan fingerprint density at radius 1 is 1.15 bits per heavy atom. The first kappa shape index (κ1) is 22.5. The number of para-hydroxylation sites is 1. The Hall–Kier alpha value is -3.65. The van der Waals surface area contributed by atoms with Crippen molar-refractivity contribution in [3.63, 3.8) is 0 Å². The number of amides is 1. The summed E-state index contributed by atoms with van der Waals surface area (Å²) in [6.07, 6.45) is 1.79. The standard InChI is InChI=1S/C25H28N4O4/c1-15-9-8-12-28-20(16(2)26-24(15)28)22(30)19-21(17-10-6-7-11-18(17)33-5)29(14-13-27(3)4)25(32)23(19)31/h6-12,21,30H,13-14H2,1-5H3/t21-/m1/s1. The van der Waals surface area contributed by atoms with Crippen molar-refractivity contribution in [1.82, 2.24) is 19.2 Å². The minimum Gasteiger partial charge on any atom is -0.505 e.